The predicted molar refractivity (Wildman–Crippen MR) is 80.2 cm³/mol. The molecule has 0 bridgehead atoms. The second-order valence-electron chi connectivity index (χ2n) is 5.46. The second kappa shape index (κ2) is 6.54. The molecule has 0 saturated carbocycles. The molecule has 1 atom stereocenters. The van der Waals surface area contributed by atoms with E-state index in [9.17, 15) is 8.42 Å². The van der Waals surface area contributed by atoms with Crippen LogP contribution in [0.15, 0.2) is 29.2 Å². The molecule has 2 heterocycles. The van der Waals surface area contributed by atoms with Gasteiger partial charge in [-0.2, -0.15) is 4.31 Å². The zero-order valence-electron chi connectivity index (χ0n) is 12.6. The molecule has 122 valence electrons. The van der Waals surface area contributed by atoms with Gasteiger partial charge >= 0.3 is 0 Å². The van der Waals surface area contributed by atoms with Crippen molar-refractivity contribution in [2.24, 2.45) is 0 Å². The first-order valence-corrected chi connectivity index (χ1v) is 8.96. The summed E-state index contributed by atoms with van der Waals surface area (Å²) in [5, 5.41) is 0. The summed E-state index contributed by atoms with van der Waals surface area (Å²) in [4.78, 5) is 0.276. The zero-order chi connectivity index (χ0) is 15.6. The average molecular weight is 327 g/mol. The molecule has 2 saturated heterocycles. The van der Waals surface area contributed by atoms with Crippen molar-refractivity contribution in [3.05, 3.63) is 24.3 Å². The number of sulfonamides is 1. The van der Waals surface area contributed by atoms with E-state index in [4.69, 9.17) is 14.2 Å². The van der Waals surface area contributed by atoms with Gasteiger partial charge in [0.05, 0.1) is 31.3 Å². The second-order valence-corrected chi connectivity index (χ2v) is 7.35. The quantitative estimate of drug-likeness (QED) is 0.841. The van der Waals surface area contributed by atoms with Gasteiger partial charge in [-0.1, -0.05) is 6.42 Å². The molecule has 0 radical (unpaired) electrons. The maximum Gasteiger partial charge on any atom is 0.243 e. The van der Waals surface area contributed by atoms with E-state index >= 15 is 0 Å². The molecule has 3 rings (SSSR count). The smallest absolute Gasteiger partial charge is 0.243 e. The number of hydrogen-bond acceptors (Lipinski definition) is 5. The third kappa shape index (κ3) is 2.99. The Hall–Kier alpha value is -1.15. The Balaban J connectivity index is 1.87. The number of rotatable bonds is 4. The number of hydrogen-bond donors (Lipinski definition) is 0. The van der Waals surface area contributed by atoms with Crippen molar-refractivity contribution in [3.8, 4) is 5.75 Å². The minimum Gasteiger partial charge on any atom is -0.497 e. The molecule has 0 N–H and O–H groups in total. The van der Waals surface area contributed by atoms with Crippen LogP contribution in [-0.2, 0) is 19.5 Å². The lowest BCUT2D eigenvalue weighted by atomic mass is 10.0. The maximum absolute atomic E-state index is 12.9. The van der Waals surface area contributed by atoms with Crippen LogP contribution >= 0.6 is 0 Å². The van der Waals surface area contributed by atoms with E-state index in [1.165, 1.54) is 4.31 Å². The predicted octanol–water partition coefficient (Wildman–Crippen LogP) is 1.61. The lowest BCUT2D eigenvalue weighted by molar-refractivity contribution is -0.0913. The van der Waals surface area contributed by atoms with E-state index in [0.29, 0.717) is 25.5 Å². The fraction of sp³-hybridized carbons (Fsp3) is 0.600. The van der Waals surface area contributed by atoms with Crippen LogP contribution in [0.2, 0.25) is 0 Å². The van der Waals surface area contributed by atoms with Crippen LogP contribution in [0, 0.1) is 0 Å². The first kappa shape index (κ1) is 15.7. The summed E-state index contributed by atoms with van der Waals surface area (Å²) in [5.41, 5.74) is 0. The van der Waals surface area contributed by atoms with Crippen LogP contribution in [0.3, 0.4) is 0 Å². The first-order valence-electron chi connectivity index (χ1n) is 7.52. The van der Waals surface area contributed by atoms with Gasteiger partial charge in [0.15, 0.2) is 6.29 Å². The van der Waals surface area contributed by atoms with Gasteiger partial charge in [-0.05, 0) is 37.1 Å². The van der Waals surface area contributed by atoms with Gasteiger partial charge in [0, 0.05) is 6.54 Å². The van der Waals surface area contributed by atoms with Crippen LogP contribution in [0.4, 0.5) is 0 Å². The molecule has 0 amide bonds. The third-order valence-corrected chi connectivity index (χ3v) is 6.06. The highest BCUT2D eigenvalue weighted by Crippen LogP contribution is 2.30. The van der Waals surface area contributed by atoms with Crippen molar-refractivity contribution in [2.75, 3.05) is 26.9 Å². The van der Waals surface area contributed by atoms with E-state index in [1.54, 1.807) is 31.4 Å². The minimum atomic E-state index is -3.56. The van der Waals surface area contributed by atoms with E-state index in [0.717, 1.165) is 19.3 Å². The number of nitrogens with zero attached hydrogens (tertiary/aromatic N) is 1. The summed E-state index contributed by atoms with van der Waals surface area (Å²) in [7, 11) is -2.00. The van der Waals surface area contributed by atoms with Gasteiger partial charge < -0.3 is 14.2 Å². The Labute approximate surface area is 131 Å². The summed E-state index contributed by atoms with van der Waals surface area (Å²) < 4.78 is 43.6. The SMILES string of the molecule is COc1ccc(S(=O)(=O)N2CCCC[C@H]2C2OCCO2)cc1. The summed E-state index contributed by atoms with van der Waals surface area (Å²) >= 11 is 0. The van der Waals surface area contributed by atoms with Crippen molar-refractivity contribution in [1.29, 1.82) is 0 Å². The van der Waals surface area contributed by atoms with Crippen LogP contribution in [0.1, 0.15) is 19.3 Å². The van der Waals surface area contributed by atoms with Gasteiger partial charge in [-0.15, -0.1) is 0 Å². The Morgan fingerprint density at radius 3 is 2.45 bits per heavy atom. The molecule has 2 aliphatic heterocycles. The van der Waals surface area contributed by atoms with E-state index in [-0.39, 0.29) is 10.9 Å². The fourth-order valence-electron chi connectivity index (χ4n) is 2.98. The van der Waals surface area contributed by atoms with Crippen molar-refractivity contribution < 1.29 is 22.6 Å². The molecule has 6 nitrogen and oxygen atoms in total. The standard InChI is InChI=1S/C15H21NO5S/c1-19-12-5-7-13(8-6-12)22(17,18)16-9-3-2-4-14(16)15-20-10-11-21-15/h5-8,14-15H,2-4,9-11H2,1H3/t14-/m0/s1. The van der Waals surface area contributed by atoms with E-state index < -0.39 is 16.3 Å². The van der Waals surface area contributed by atoms with Gasteiger partial charge in [0.1, 0.15) is 5.75 Å². The van der Waals surface area contributed by atoms with Gasteiger partial charge in [0.2, 0.25) is 10.0 Å². The molecule has 2 fully saturated rings. The molecule has 1 aromatic rings. The zero-order valence-corrected chi connectivity index (χ0v) is 13.4. The molecule has 0 spiro atoms. The highest BCUT2D eigenvalue weighted by atomic mass is 32.2. The molecular weight excluding hydrogens is 306 g/mol. The monoisotopic (exact) mass is 327 g/mol. The van der Waals surface area contributed by atoms with Crippen LogP contribution in [-0.4, -0.2) is 51.9 Å². The lowest BCUT2D eigenvalue weighted by Gasteiger charge is -2.36. The third-order valence-electron chi connectivity index (χ3n) is 4.13. The van der Waals surface area contributed by atoms with Gasteiger partial charge in [-0.25, -0.2) is 8.42 Å². The molecule has 7 heteroatoms. The highest BCUT2D eigenvalue weighted by Gasteiger charge is 2.40. The van der Waals surface area contributed by atoms with Crippen molar-refractivity contribution in [3.63, 3.8) is 0 Å². The molecule has 22 heavy (non-hydrogen) atoms. The lowest BCUT2D eigenvalue weighted by Crippen LogP contribution is -2.50. The van der Waals surface area contributed by atoms with E-state index in [1.807, 2.05) is 0 Å². The average Bonchev–Trinajstić information content (AvgIpc) is 3.09. The Kier molecular flexibility index (Phi) is 4.67. The summed E-state index contributed by atoms with van der Waals surface area (Å²) in [5.74, 6) is 0.636. The van der Waals surface area contributed by atoms with Gasteiger partial charge in [0.25, 0.3) is 0 Å². The largest absolute Gasteiger partial charge is 0.497 e. The Morgan fingerprint density at radius 2 is 1.82 bits per heavy atom. The summed E-state index contributed by atoms with van der Waals surface area (Å²) in [6.07, 6.45) is 2.16. The highest BCUT2D eigenvalue weighted by molar-refractivity contribution is 7.89. The number of benzene rings is 1. The topological polar surface area (TPSA) is 65.1 Å². The van der Waals surface area contributed by atoms with Crippen LogP contribution < -0.4 is 4.74 Å². The number of piperidine rings is 1. The number of methoxy groups -OCH3 is 1. The van der Waals surface area contributed by atoms with Crippen molar-refractivity contribution in [1.82, 2.24) is 4.31 Å². The van der Waals surface area contributed by atoms with E-state index in [2.05, 4.69) is 0 Å². The Morgan fingerprint density at radius 1 is 1.14 bits per heavy atom. The number of ether oxygens (including phenoxy) is 3. The summed E-state index contributed by atoms with van der Waals surface area (Å²) in [6.45, 7) is 1.55. The fourth-order valence-corrected chi connectivity index (χ4v) is 4.66. The Bertz CT molecular complexity index is 595. The summed E-state index contributed by atoms with van der Waals surface area (Å²) in [6, 6.07) is 6.23. The molecule has 2 aliphatic rings. The molecule has 0 aromatic heterocycles. The van der Waals surface area contributed by atoms with Crippen LogP contribution in [0.5, 0.6) is 5.75 Å². The van der Waals surface area contributed by atoms with Gasteiger partial charge in [-0.3, -0.25) is 0 Å². The normalized spacial score (nSPS) is 24.5. The molecular formula is C15H21NO5S. The first-order chi connectivity index (χ1) is 10.6. The minimum absolute atomic E-state index is 0.247. The molecule has 1 aromatic carbocycles. The molecule has 0 unspecified atom stereocenters. The van der Waals surface area contributed by atoms with Crippen molar-refractivity contribution >= 4 is 10.0 Å². The maximum atomic E-state index is 12.9. The molecule has 0 aliphatic carbocycles. The van der Waals surface area contributed by atoms with Crippen molar-refractivity contribution in [2.45, 2.75) is 36.5 Å². The van der Waals surface area contributed by atoms with Crippen LogP contribution in [0.25, 0.3) is 0 Å².